The summed E-state index contributed by atoms with van der Waals surface area (Å²) >= 11 is 0. The molecule has 1 aliphatic carbocycles. The maximum absolute atomic E-state index is 12.5. The molecule has 2 aliphatic rings. The molecule has 0 spiro atoms. The summed E-state index contributed by atoms with van der Waals surface area (Å²) in [6.07, 6.45) is 9.01. The van der Waals surface area contributed by atoms with Gasteiger partial charge in [0.2, 0.25) is 5.91 Å². The largest absolute Gasteiger partial charge is 0.338 e. The maximum Gasteiger partial charge on any atom is 0.250 e. The molecule has 108 valence electrons. The first-order chi connectivity index (χ1) is 9.75. The molecule has 3 rings (SSSR count). The molecule has 4 nitrogen and oxygen atoms in total. The van der Waals surface area contributed by atoms with Gasteiger partial charge in [0.25, 0.3) is 5.56 Å². The number of amides is 1. The van der Waals surface area contributed by atoms with Crippen molar-refractivity contribution in [2.75, 3.05) is 6.54 Å². The Bertz CT molecular complexity index is 535. The lowest BCUT2D eigenvalue weighted by molar-refractivity contribution is -0.138. The van der Waals surface area contributed by atoms with Gasteiger partial charge in [-0.3, -0.25) is 9.59 Å². The van der Waals surface area contributed by atoms with Crippen molar-refractivity contribution in [2.45, 2.75) is 51.1 Å². The maximum atomic E-state index is 12.5. The molecule has 1 amide bonds. The van der Waals surface area contributed by atoms with Crippen molar-refractivity contribution in [2.24, 2.45) is 5.92 Å². The molecule has 1 saturated heterocycles. The average molecular weight is 274 g/mol. The van der Waals surface area contributed by atoms with Crippen LogP contribution in [-0.4, -0.2) is 28.0 Å². The van der Waals surface area contributed by atoms with Gasteiger partial charge in [-0.2, -0.15) is 0 Å². The van der Waals surface area contributed by atoms with Crippen molar-refractivity contribution >= 4 is 5.91 Å². The molecule has 2 fully saturated rings. The third-order valence-electron chi connectivity index (χ3n) is 4.77. The summed E-state index contributed by atoms with van der Waals surface area (Å²) in [4.78, 5) is 26.3. The van der Waals surface area contributed by atoms with Gasteiger partial charge in [0.1, 0.15) is 6.54 Å². The Kier molecular flexibility index (Phi) is 3.90. The number of likely N-dealkylation sites (tertiary alicyclic amines) is 1. The average Bonchev–Trinajstić information content (AvgIpc) is 2.49. The van der Waals surface area contributed by atoms with E-state index in [1.807, 2.05) is 4.90 Å². The minimum absolute atomic E-state index is 0.0990. The molecule has 4 heteroatoms. The summed E-state index contributed by atoms with van der Waals surface area (Å²) in [5, 5.41) is 0. The highest BCUT2D eigenvalue weighted by Gasteiger charge is 2.35. The third kappa shape index (κ3) is 2.65. The van der Waals surface area contributed by atoms with Gasteiger partial charge in [-0.25, -0.2) is 0 Å². The lowest BCUT2D eigenvalue weighted by Gasteiger charge is -2.44. The van der Waals surface area contributed by atoms with Gasteiger partial charge in [-0.1, -0.05) is 18.9 Å². The van der Waals surface area contributed by atoms with Crippen LogP contribution in [0, 0.1) is 5.92 Å². The molecule has 2 heterocycles. The summed E-state index contributed by atoms with van der Waals surface area (Å²) < 4.78 is 1.51. The van der Waals surface area contributed by atoms with Crippen LogP contribution in [0.2, 0.25) is 0 Å². The normalized spacial score (nSPS) is 26.1. The number of pyridine rings is 1. The van der Waals surface area contributed by atoms with Crippen LogP contribution in [0.5, 0.6) is 0 Å². The second-order valence-electron chi connectivity index (χ2n) is 6.01. The number of fused-ring (bicyclic) bond motifs is 1. The Morgan fingerprint density at radius 2 is 1.95 bits per heavy atom. The molecule has 0 unspecified atom stereocenters. The second-order valence-corrected chi connectivity index (χ2v) is 6.01. The van der Waals surface area contributed by atoms with E-state index in [1.54, 1.807) is 18.3 Å². The van der Waals surface area contributed by atoms with E-state index in [9.17, 15) is 9.59 Å². The van der Waals surface area contributed by atoms with E-state index in [0.717, 1.165) is 19.4 Å². The SMILES string of the molecule is O=C(Cn1ccccc1=O)N1CCC[C@@H]2CCCC[C@H]21. The van der Waals surface area contributed by atoms with E-state index in [-0.39, 0.29) is 18.0 Å². The number of rotatable bonds is 2. The van der Waals surface area contributed by atoms with E-state index in [1.165, 1.54) is 36.3 Å². The molecule has 0 aromatic carbocycles. The molecular formula is C16H22N2O2. The lowest BCUT2D eigenvalue weighted by Crippen LogP contribution is -2.51. The number of hydrogen-bond acceptors (Lipinski definition) is 2. The predicted octanol–water partition coefficient (Wildman–Crippen LogP) is 2.03. The van der Waals surface area contributed by atoms with E-state index < -0.39 is 0 Å². The molecule has 1 aliphatic heterocycles. The number of hydrogen-bond donors (Lipinski definition) is 0. The van der Waals surface area contributed by atoms with Crippen molar-refractivity contribution < 1.29 is 4.79 Å². The van der Waals surface area contributed by atoms with Crippen molar-refractivity contribution in [1.29, 1.82) is 0 Å². The first-order valence-electron chi connectivity index (χ1n) is 7.70. The predicted molar refractivity (Wildman–Crippen MR) is 77.4 cm³/mol. The fourth-order valence-corrected chi connectivity index (χ4v) is 3.76. The molecule has 1 saturated carbocycles. The van der Waals surface area contributed by atoms with Crippen LogP contribution in [0.1, 0.15) is 38.5 Å². The zero-order valence-electron chi connectivity index (χ0n) is 11.8. The van der Waals surface area contributed by atoms with Gasteiger partial charge < -0.3 is 9.47 Å². The van der Waals surface area contributed by atoms with E-state index >= 15 is 0 Å². The van der Waals surface area contributed by atoms with E-state index in [0.29, 0.717) is 12.0 Å². The van der Waals surface area contributed by atoms with Gasteiger partial charge in [0.15, 0.2) is 0 Å². The van der Waals surface area contributed by atoms with Crippen LogP contribution in [0.15, 0.2) is 29.2 Å². The molecule has 2 atom stereocenters. The Balaban J connectivity index is 1.73. The molecule has 0 N–H and O–H groups in total. The highest BCUT2D eigenvalue weighted by atomic mass is 16.2. The lowest BCUT2D eigenvalue weighted by atomic mass is 9.78. The minimum Gasteiger partial charge on any atom is -0.338 e. The summed E-state index contributed by atoms with van der Waals surface area (Å²) in [6.45, 7) is 1.05. The van der Waals surface area contributed by atoms with Gasteiger partial charge in [0, 0.05) is 24.8 Å². The van der Waals surface area contributed by atoms with E-state index in [2.05, 4.69) is 0 Å². The number of nitrogens with zero attached hydrogens (tertiary/aromatic N) is 2. The molecule has 20 heavy (non-hydrogen) atoms. The quantitative estimate of drug-likeness (QED) is 0.828. The fourth-order valence-electron chi connectivity index (χ4n) is 3.76. The molecule has 1 aromatic rings. The number of aromatic nitrogens is 1. The smallest absolute Gasteiger partial charge is 0.250 e. The van der Waals surface area contributed by atoms with Crippen LogP contribution < -0.4 is 5.56 Å². The Labute approximate surface area is 119 Å². The zero-order chi connectivity index (χ0) is 13.9. The Hall–Kier alpha value is -1.58. The molecule has 1 aromatic heterocycles. The number of carbonyl (C=O) groups excluding carboxylic acids is 1. The van der Waals surface area contributed by atoms with Crippen LogP contribution in [0.3, 0.4) is 0 Å². The first kappa shape index (κ1) is 13.4. The highest BCUT2D eigenvalue weighted by molar-refractivity contribution is 5.76. The minimum atomic E-state index is -0.0990. The van der Waals surface area contributed by atoms with Crippen LogP contribution >= 0.6 is 0 Å². The first-order valence-corrected chi connectivity index (χ1v) is 7.70. The topological polar surface area (TPSA) is 42.3 Å². The van der Waals surface area contributed by atoms with Crippen molar-refractivity contribution in [3.8, 4) is 0 Å². The number of piperidine rings is 1. The second kappa shape index (κ2) is 5.81. The summed E-state index contributed by atoms with van der Waals surface area (Å²) in [7, 11) is 0. The van der Waals surface area contributed by atoms with Gasteiger partial charge in [-0.05, 0) is 37.7 Å². The van der Waals surface area contributed by atoms with Gasteiger partial charge in [0.05, 0.1) is 0 Å². The number of carbonyl (C=O) groups is 1. The Morgan fingerprint density at radius 3 is 2.80 bits per heavy atom. The highest BCUT2D eigenvalue weighted by Crippen LogP contribution is 2.35. The monoisotopic (exact) mass is 274 g/mol. The zero-order valence-corrected chi connectivity index (χ0v) is 11.8. The summed E-state index contributed by atoms with van der Waals surface area (Å²) in [5.41, 5.74) is -0.0990. The summed E-state index contributed by atoms with van der Waals surface area (Å²) in [6, 6.07) is 5.44. The molecule has 0 bridgehead atoms. The van der Waals surface area contributed by atoms with E-state index in [4.69, 9.17) is 0 Å². The van der Waals surface area contributed by atoms with Crippen molar-refractivity contribution in [3.63, 3.8) is 0 Å². The fraction of sp³-hybridized carbons (Fsp3) is 0.625. The molecule has 0 radical (unpaired) electrons. The Morgan fingerprint density at radius 1 is 1.15 bits per heavy atom. The third-order valence-corrected chi connectivity index (χ3v) is 4.77. The standard InChI is InChI=1S/C16H22N2O2/c19-15-9-3-4-10-17(15)12-16(20)18-11-5-7-13-6-1-2-8-14(13)18/h3-4,9-10,13-14H,1-2,5-8,11-12H2/t13-,14+/m0/s1. The van der Waals surface area contributed by atoms with Crippen LogP contribution in [0.4, 0.5) is 0 Å². The van der Waals surface area contributed by atoms with Crippen molar-refractivity contribution in [3.05, 3.63) is 34.7 Å². The van der Waals surface area contributed by atoms with Gasteiger partial charge in [-0.15, -0.1) is 0 Å². The van der Waals surface area contributed by atoms with Crippen molar-refractivity contribution in [1.82, 2.24) is 9.47 Å². The van der Waals surface area contributed by atoms with Crippen LogP contribution in [0.25, 0.3) is 0 Å². The van der Waals surface area contributed by atoms with Crippen LogP contribution in [-0.2, 0) is 11.3 Å². The summed E-state index contributed by atoms with van der Waals surface area (Å²) in [5.74, 6) is 0.795. The molecular weight excluding hydrogens is 252 g/mol. The van der Waals surface area contributed by atoms with Gasteiger partial charge >= 0.3 is 0 Å².